The summed E-state index contributed by atoms with van der Waals surface area (Å²) in [5, 5.41) is 2.94. The first-order valence-corrected chi connectivity index (χ1v) is 6.95. The molecule has 1 heterocycles. The molecule has 2 aromatic rings. The van der Waals surface area contributed by atoms with E-state index in [1.165, 1.54) is 5.56 Å². The standard InChI is InChI=1S/C16H21N3O/c1-2-19-11-3-4-15(19)16(20)18-12-14-7-5-13(6-8-14)9-10-17/h3-8,11H,2,9-10,12,17H2,1H3,(H,18,20). The van der Waals surface area contributed by atoms with Gasteiger partial charge < -0.3 is 15.6 Å². The summed E-state index contributed by atoms with van der Waals surface area (Å²) >= 11 is 0. The van der Waals surface area contributed by atoms with Crippen LogP contribution in [0.15, 0.2) is 42.6 Å². The number of hydrogen-bond donors (Lipinski definition) is 2. The van der Waals surface area contributed by atoms with Gasteiger partial charge in [0.15, 0.2) is 0 Å². The molecule has 106 valence electrons. The maximum absolute atomic E-state index is 12.1. The largest absolute Gasteiger partial charge is 0.347 e. The normalized spacial score (nSPS) is 10.5. The number of aromatic nitrogens is 1. The average Bonchev–Trinajstić information content (AvgIpc) is 2.95. The van der Waals surface area contributed by atoms with Crippen LogP contribution in [0, 0.1) is 0 Å². The van der Waals surface area contributed by atoms with Gasteiger partial charge in [0.25, 0.3) is 5.91 Å². The lowest BCUT2D eigenvalue weighted by molar-refractivity contribution is 0.0942. The topological polar surface area (TPSA) is 60.0 Å². The van der Waals surface area contributed by atoms with E-state index in [0.717, 1.165) is 18.5 Å². The van der Waals surface area contributed by atoms with Crippen molar-refractivity contribution < 1.29 is 4.79 Å². The van der Waals surface area contributed by atoms with Gasteiger partial charge in [0.05, 0.1) is 0 Å². The van der Waals surface area contributed by atoms with Crippen molar-refractivity contribution in [2.24, 2.45) is 5.73 Å². The van der Waals surface area contributed by atoms with Crippen LogP contribution in [0.25, 0.3) is 0 Å². The molecule has 1 amide bonds. The number of rotatable bonds is 6. The summed E-state index contributed by atoms with van der Waals surface area (Å²) in [5.74, 6) is -0.0390. The minimum atomic E-state index is -0.0390. The molecule has 0 fully saturated rings. The van der Waals surface area contributed by atoms with Gasteiger partial charge in [-0.05, 0) is 43.1 Å². The van der Waals surface area contributed by atoms with E-state index < -0.39 is 0 Å². The number of nitrogens with one attached hydrogen (secondary N) is 1. The molecule has 2 rings (SSSR count). The summed E-state index contributed by atoms with van der Waals surface area (Å²) < 4.78 is 1.93. The van der Waals surface area contributed by atoms with Crippen LogP contribution in [-0.2, 0) is 19.5 Å². The number of aryl methyl sites for hydroxylation is 1. The van der Waals surface area contributed by atoms with Crippen molar-refractivity contribution in [2.45, 2.75) is 26.4 Å². The van der Waals surface area contributed by atoms with Gasteiger partial charge in [-0.15, -0.1) is 0 Å². The summed E-state index contributed by atoms with van der Waals surface area (Å²) in [5.41, 5.74) is 8.54. The molecule has 0 saturated carbocycles. The summed E-state index contributed by atoms with van der Waals surface area (Å²) in [6.07, 6.45) is 2.80. The van der Waals surface area contributed by atoms with Crippen molar-refractivity contribution in [3.05, 3.63) is 59.4 Å². The molecule has 0 radical (unpaired) electrons. The van der Waals surface area contributed by atoms with Gasteiger partial charge in [-0.25, -0.2) is 0 Å². The molecule has 0 atom stereocenters. The minimum Gasteiger partial charge on any atom is -0.347 e. The maximum atomic E-state index is 12.1. The maximum Gasteiger partial charge on any atom is 0.268 e. The van der Waals surface area contributed by atoms with Gasteiger partial charge in [0.1, 0.15) is 5.69 Å². The fourth-order valence-corrected chi connectivity index (χ4v) is 2.16. The molecule has 0 unspecified atom stereocenters. The summed E-state index contributed by atoms with van der Waals surface area (Å²) in [7, 11) is 0. The van der Waals surface area contributed by atoms with Crippen LogP contribution in [0.2, 0.25) is 0 Å². The second kappa shape index (κ2) is 6.91. The summed E-state index contributed by atoms with van der Waals surface area (Å²) in [4.78, 5) is 12.1. The van der Waals surface area contributed by atoms with Crippen LogP contribution in [0.5, 0.6) is 0 Å². The molecule has 20 heavy (non-hydrogen) atoms. The number of carbonyl (C=O) groups is 1. The third-order valence-corrected chi connectivity index (χ3v) is 3.31. The first-order chi connectivity index (χ1) is 9.74. The van der Waals surface area contributed by atoms with Gasteiger partial charge in [-0.2, -0.15) is 0 Å². The number of nitrogens with two attached hydrogens (primary N) is 1. The molecule has 1 aromatic heterocycles. The average molecular weight is 271 g/mol. The Morgan fingerprint density at radius 1 is 1.20 bits per heavy atom. The molecule has 4 heteroatoms. The van der Waals surface area contributed by atoms with Crippen LogP contribution >= 0.6 is 0 Å². The first kappa shape index (κ1) is 14.3. The van der Waals surface area contributed by atoms with Gasteiger partial charge in [-0.3, -0.25) is 4.79 Å². The minimum absolute atomic E-state index is 0.0390. The summed E-state index contributed by atoms with van der Waals surface area (Å²) in [6.45, 7) is 4.01. The molecular weight excluding hydrogens is 250 g/mol. The highest BCUT2D eigenvalue weighted by atomic mass is 16.1. The number of carbonyl (C=O) groups excluding carboxylic acids is 1. The molecule has 0 bridgehead atoms. The van der Waals surface area contributed by atoms with Crippen LogP contribution in [0.3, 0.4) is 0 Å². The molecule has 4 nitrogen and oxygen atoms in total. The Labute approximate surface area is 119 Å². The van der Waals surface area contributed by atoms with E-state index in [4.69, 9.17) is 5.73 Å². The Morgan fingerprint density at radius 2 is 1.90 bits per heavy atom. The molecular formula is C16H21N3O. The van der Waals surface area contributed by atoms with E-state index in [-0.39, 0.29) is 5.91 Å². The predicted molar refractivity (Wildman–Crippen MR) is 80.5 cm³/mol. The van der Waals surface area contributed by atoms with Crippen LogP contribution < -0.4 is 11.1 Å². The Balaban J connectivity index is 1.93. The van der Waals surface area contributed by atoms with Gasteiger partial charge in [-0.1, -0.05) is 24.3 Å². The molecule has 3 N–H and O–H groups in total. The van der Waals surface area contributed by atoms with Gasteiger partial charge in [0, 0.05) is 19.3 Å². The molecule has 0 saturated heterocycles. The third-order valence-electron chi connectivity index (χ3n) is 3.31. The van der Waals surface area contributed by atoms with Crippen molar-refractivity contribution in [2.75, 3.05) is 6.54 Å². The second-order valence-corrected chi connectivity index (χ2v) is 4.72. The van der Waals surface area contributed by atoms with E-state index in [9.17, 15) is 4.79 Å². The lowest BCUT2D eigenvalue weighted by Gasteiger charge is -2.08. The highest BCUT2D eigenvalue weighted by molar-refractivity contribution is 5.92. The Kier molecular flexibility index (Phi) is 4.96. The molecule has 0 aliphatic carbocycles. The SMILES string of the molecule is CCn1cccc1C(=O)NCc1ccc(CCN)cc1. The molecule has 1 aromatic carbocycles. The van der Waals surface area contributed by atoms with Crippen molar-refractivity contribution in [1.29, 1.82) is 0 Å². The van der Waals surface area contributed by atoms with Crippen LogP contribution in [-0.4, -0.2) is 17.0 Å². The molecule has 0 aliphatic rings. The second-order valence-electron chi connectivity index (χ2n) is 4.72. The Hall–Kier alpha value is -2.07. The lowest BCUT2D eigenvalue weighted by Crippen LogP contribution is -2.25. The zero-order valence-corrected chi connectivity index (χ0v) is 11.8. The van der Waals surface area contributed by atoms with Crippen molar-refractivity contribution >= 4 is 5.91 Å². The smallest absolute Gasteiger partial charge is 0.268 e. The highest BCUT2D eigenvalue weighted by Gasteiger charge is 2.09. The number of nitrogens with zero attached hydrogens (tertiary/aromatic N) is 1. The quantitative estimate of drug-likeness (QED) is 0.843. The Morgan fingerprint density at radius 3 is 2.55 bits per heavy atom. The van der Waals surface area contributed by atoms with E-state index in [1.54, 1.807) is 0 Å². The molecule has 0 aliphatic heterocycles. The van der Waals surface area contributed by atoms with Gasteiger partial charge >= 0.3 is 0 Å². The fraction of sp³-hybridized carbons (Fsp3) is 0.312. The van der Waals surface area contributed by atoms with Crippen molar-refractivity contribution in [3.8, 4) is 0 Å². The number of amides is 1. The number of hydrogen-bond acceptors (Lipinski definition) is 2. The Bertz CT molecular complexity index is 557. The van der Waals surface area contributed by atoms with Crippen molar-refractivity contribution in [1.82, 2.24) is 9.88 Å². The van der Waals surface area contributed by atoms with E-state index in [2.05, 4.69) is 17.4 Å². The van der Waals surface area contributed by atoms with Crippen molar-refractivity contribution in [3.63, 3.8) is 0 Å². The monoisotopic (exact) mass is 271 g/mol. The highest BCUT2D eigenvalue weighted by Crippen LogP contribution is 2.06. The predicted octanol–water partition coefficient (Wildman–Crippen LogP) is 1.94. The zero-order chi connectivity index (χ0) is 14.4. The molecule has 0 spiro atoms. The van der Waals surface area contributed by atoms with E-state index in [1.807, 2.05) is 42.0 Å². The zero-order valence-electron chi connectivity index (χ0n) is 11.8. The summed E-state index contributed by atoms with van der Waals surface area (Å²) in [6, 6.07) is 11.9. The lowest BCUT2D eigenvalue weighted by atomic mass is 10.1. The third kappa shape index (κ3) is 3.48. The van der Waals surface area contributed by atoms with Crippen LogP contribution in [0.1, 0.15) is 28.5 Å². The number of benzene rings is 1. The van der Waals surface area contributed by atoms with Crippen LogP contribution in [0.4, 0.5) is 0 Å². The van der Waals surface area contributed by atoms with Gasteiger partial charge in [0.2, 0.25) is 0 Å². The van der Waals surface area contributed by atoms with E-state index >= 15 is 0 Å². The fourth-order valence-electron chi connectivity index (χ4n) is 2.16. The van der Waals surface area contributed by atoms with E-state index in [0.29, 0.717) is 18.8 Å². The first-order valence-electron chi connectivity index (χ1n) is 6.95.